The molecule has 0 bridgehead atoms. The molecule has 5 heteroatoms. The number of anilines is 2. The van der Waals surface area contributed by atoms with Gasteiger partial charge in [0.15, 0.2) is 0 Å². The van der Waals surface area contributed by atoms with Gasteiger partial charge in [0.05, 0.1) is 16.9 Å². The minimum Gasteiger partial charge on any atom is -0.478 e. The van der Waals surface area contributed by atoms with E-state index in [4.69, 9.17) is 15.9 Å². The fraction of sp³-hybridized carbons (Fsp3) is 0.417. The fourth-order valence-electron chi connectivity index (χ4n) is 1.62. The number of aliphatic hydroxyl groups excluding tert-OH is 1. The van der Waals surface area contributed by atoms with E-state index in [1.54, 1.807) is 6.07 Å². The number of hydrogen-bond acceptors (Lipinski definition) is 4. The van der Waals surface area contributed by atoms with Crippen molar-refractivity contribution in [2.45, 2.75) is 12.8 Å². The van der Waals surface area contributed by atoms with Crippen LogP contribution in [0.25, 0.3) is 0 Å². The zero-order valence-corrected chi connectivity index (χ0v) is 9.89. The number of nitrogens with two attached hydrogens (primary N) is 1. The summed E-state index contributed by atoms with van der Waals surface area (Å²) in [7, 11) is 1.89. The van der Waals surface area contributed by atoms with Crippen LogP contribution in [0.5, 0.6) is 0 Å². The van der Waals surface area contributed by atoms with Crippen molar-refractivity contribution in [1.82, 2.24) is 0 Å². The SMILES string of the molecule is CN(CCCCO)c1ccc(C(=O)O)cc1N. The molecule has 1 aromatic rings. The molecule has 0 aliphatic carbocycles. The highest BCUT2D eigenvalue weighted by Crippen LogP contribution is 2.23. The second-order valence-electron chi connectivity index (χ2n) is 3.93. The summed E-state index contributed by atoms with van der Waals surface area (Å²) in [5.74, 6) is -0.980. The van der Waals surface area contributed by atoms with E-state index in [9.17, 15) is 4.79 Å². The van der Waals surface area contributed by atoms with E-state index in [1.807, 2.05) is 11.9 Å². The predicted octanol–water partition coefficient (Wildman–Crippen LogP) is 1.18. The van der Waals surface area contributed by atoms with Crippen LogP contribution in [0.4, 0.5) is 11.4 Å². The van der Waals surface area contributed by atoms with Crippen LogP contribution in [0.1, 0.15) is 23.2 Å². The Hall–Kier alpha value is -1.75. The highest BCUT2D eigenvalue weighted by Gasteiger charge is 2.09. The fourth-order valence-corrected chi connectivity index (χ4v) is 1.62. The third-order valence-electron chi connectivity index (χ3n) is 2.59. The van der Waals surface area contributed by atoms with Gasteiger partial charge in [0.1, 0.15) is 0 Å². The zero-order chi connectivity index (χ0) is 12.8. The molecule has 0 saturated heterocycles. The summed E-state index contributed by atoms with van der Waals surface area (Å²) in [4.78, 5) is 12.7. The van der Waals surface area contributed by atoms with Gasteiger partial charge in [-0.25, -0.2) is 4.79 Å². The second kappa shape index (κ2) is 6.10. The predicted molar refractivity (Wildman–Crippen MR) is 67.4 cm³/mol. The van der Waals surface area contributed by atoms with Crippen LogP contribution in [0, 0.1) is 0 Å². The Labute approximate surface area is 100 Å². The average molecular weight is 238 g/mol. The zero-order valence-electron chi connectivity index (χ0n) is 9.89. The Morgan fingerprint density at radius 3 is 2.65 bits per heavy atom. The van der Waals surface area contributed by atoms with Crippen LogP contribution < -0.4 is 10.6 Å². The number of nitrogens with zero attached hydrogens (tertiary/aromatic N) is 1. The summed E-state index contributed by atoms with van der Waals surface area (Å²) in [6.45, 7) is 0.957. The molecule has 0 unspecified atom stereocenters. The molecule has 0 aliphatic heterocycles. The molecule has 0 aliphatic rings. The molecule has 1 aromatic carbocycles. The van der Waals surface area contributed by atoms with Gasteiger partial charge in [-0.3, -0.25) is 0 Å². The van der Waals surface area contributed by atoms with Crippen LogP contribution in [0.3, 0.4) is 0 Å². The minimum atomic E-state index is -0.980. The van der Waals surface area contributed by atoms with Gasteiger partial charge in [-0.2, -0.15) is 0 Å². The maximum Gasteiger partial charge on any atom is 0.335 e. The Balaban J connectivity index is 2.74. The molecule has 0 amide bonds. The summed E-state index contributed by atoms with van der Waals surface area (Å²) in [6.07, 6.45) is 1.62. The quantitative estimate of drug-likeness (QED) is 0.511. The number of carboxylic acids is 1. The van der Waals surface area contributed by atoms with E-state index in [-0.39, 0.29) is 12.2 Å². The van der Waals surface area contributed by atoms with Gasteiger partial charge < -0.3 is 20.8 Å². The van der Waals surface area contributed by atoms with Crippen molar-refractivity contribution in [3.8, 4) is 0 Å². The van der Waals surface area contributed by atoms with Crippen LogP contribution >= 0.6 is 0 Å². The maximum absolute atomic E-state index is 10.7. The van der Waals surface area contributed by atoms with E-state index in [0.29, 0.717) is 5.69 Å². The highest BCUT2D eigenvalue weighted by atomic mass is 16.4. The lowest BCUT2D eigenvalue weighted by Gasteiger charge is -2.21. The lowest BCUT2D eigenvalue weighted by molar-refractivity contribution is 0.0697. The van der Waals surface area contributed by atoms with Crippen molar-refractivity contribution < 1.29 is 15.0 Å². The van der Waals surface area contributed by atoms with Crippen molar-refractivity contribution in [1.29, 1.82) is 0 Å². The summed E-state index contributed by atoms with van der Waals surface area (Å²) in [5.41, 5.74) is 7.27. The van der Waals surface area contributed by atoms with Crippen molar-refractivity contribution in [3.05, 3.63) is 23.8 Å². The molecule has 0 fully saturated rings. The number of hydrogen-bond donors (Lipinski definition) is 3. The molecule has 1 rings (SSSR count). The first-order valence-electron chi connectivity index (χ1n) is 5.51. The Morgan fingerprint density at radius 2 is 2.12 bits per heavy atom. The van der Waals surface area contributed by atoms with E-state index < -0.39 is 5.97 Å². The molecule has 0 aromatic heterocycles. The van der Waals surface area contributed by atoms with Gasteiger partial charge in [-0.05, 0) is 31.0 Å². The number of nitrogen functional groups attached to an aromatic ring is 1. The summed E-state index contributed by atoms with van der Waals surface area (Å²) >= 11 is 0. The Bertz CT molecular complexity index is 393. The molecule has 4 N–H and O–H groups in total. The average Bonchev–Trinajstić information content (AvgIpc) is 2.28. The Kier molecular flexibility index (Phi) is 4.78. The molecule has 5 nitrogen and oxygen atoms in total. The molecule has 0 radical (unpaired) electrons. The lowest BCUT2D eigenvalue weighted by Crippen LogP contribution is -2.20. The van der Waals surface area contributed by atoms with Crippen molar-refractivity contribution in [2.75, 3.05) is 30.8 Å². The number of unbranched alkanes of at least 4 members (excludes halogenated alkanes) is 1. The lowest BCUT2D eigenvalue weighted by atomic mass is 10.1. The standard InChI is InChI=1S/C12H18N2O3/c1-14(6-2-3-7-15)11-5-4-9(12(16)17)8-10(11)13/h4-5,8,15H,2-3,6-7,13H2,1H3,(H,16,17). The number of carbonyl (C=O) groups is 1. The highest BCUT2D eigenvalue weighted by molar-refractivity contribution is 5.90. The van der Waals surface area contributed by atoms with E-state index in [0.717, 1.165) is 25.1 Å². The van der Waals surface area contributed by atoms with Gasteiger partial charge >= 0.3 is 5.97 Å². The Morgan fingerprint density at radius 1 is 1.41 bits per heavy atom. The number of aromatic carboxylic acids is 1. The van der Waals surface area contributed by atoms with E-state index >= 15 is 0 Å². The number of benzene rings is 1. The van der Waals surface area contributed by atoms with Crippen molar-refractivity contribution in [2.24, 2.45) is 0 Å². The van der Waals surface area contributed by atoms with Crippen LogP contribution in [0.15, 0.2) is 18.2 Å². The summed E-state index contributed by atoms with van der Waals surface area (Å²) < 4.78 is 0. The largest absolute Gasteiger partial charge is 0.478 e. The van der Waals surface area contributed by atoms with Gasteiger partial charge in [0, 0.05) is 20.2 Å². The topological polar surface area (TPSA) is 86.8 Å². The van der Waals surface area contributed by atoms with Crippen molar-refractivity contribution in [3.63, 3.8) is 0 Å². The number of aliphatic hydroxyl groups is 1. The van der Waals surface area contributed by atoms with Crippen LogP contribution in [-0.2, 0) is 0 Å². The third-order valence-corrected chi connectivity index (χ3v) is 2.59. The molecule has 0 atom stereocenters. The molecular weight excluding hydrogens is 220 g/mol. The number of rotatable bonds is 6. The molecule has 0 heterocycles. The van der Waals surface area contributed by atoms with Crippen LogP contribution in [-0.4, -0.2) is 36.4 Å². The van der Waals surface area contributed by atoms with Crippen molar-refractivity contribution >= 4 is 17.3 Å². The van der Waals surface area contributed by atoms with E-state index in [1.165, 1.54) is 12.1 Å². The smallest absolute Gasteiger partial charge is 0.335 e. The van der Waals surface area contributed by atoms with Gasteiger partial charge in [-0.15, -0.1) is 0 Å². The summed E-state index contributed by atoms with van der Waals surface area (Å²) in [6, 6.07) is 4.70. The number of carboxylic acid groups (broad SMARTS) is 1. The molecule has 0 saturated carbocycles. The monoisotopic (exact) mass is 238 g/mol. The maximum atomic E-state index is 10.7. The first-order valence-corrected chi connectivity index (χ1v) is 5.51. The molecular formula is C12H18N2O3. The van der Waals surface area contributed by atoms with E-state index in [2.05, 4.69) is 0 Å². The molecule has 17 heavy (non-hydrogen) atoms. The molecule has 0 spiro atoms. The van der Waals surface area contributed by atoms with Gasteiger partial charge in [-0.1, -0.05) is 0 Å². The van der Waals surface area contributed by atoms with Crippen LogP contribution in [0.2, 0.25) is 0 Å². The van der Waals surface area contributed by atoms with Gasteiger partial charge in [0.25, 0.3) is 0 Å². The third kappa shape index (κ3) is 3.64. The summed E-state index contributed by atoms with van der Waals surface area (Å²) in [5, 5.41) is 17.5. The molecule has 94 valence electrons. The first-order chi connectivity index (χ1) is 8.06. The first kappa shape index (κ1) is 13.3. The van der Waals surface area contributed by atoms with Gasteiger partial charge in [0.2, 0.25) is 0 Å². The minimum absolute atomic E-state index is 0.182. The normalized spacial score (nSPS) is 10.2. The second-order valence-corrected chi connectivity index (χ2v) is 3.93.